The van der Waals surface area contributed by atoms with E-state index >= 15 is 0 Å². The molecule has 0 bridgehead atoms. The second kappa shape index (κ2) is 7.86. The van der Waals surface area contributed by atoms with E-state index in [0.717, 1.165) is 0 Å². The Bertz CT molecular complexity index is 1130. The molecule has 0 saturated heterocycles. The Balaban J connectivity index is 1.39. The highest BCUT2D eigenvalue weighted by Crippen LogP contribution is 2.31. The van der Waals surface area contributed by atoms with E-state index in [0.29, 0.717) is 32.1 Å². The van der Waals surface area contributed by atoms with E-state index in [4.69, 9.17) is 0 Å². The van der Waals surface area contributed by atoms with Crippen LogP contribution >= 0.6 is 23.1 Å². The van der Waals surface area contributed by atoms with Gasteiger partial charge in [0.05, 0.1) is 11.6 Å². The summed E-state index contributed by atoms with van der Waals surface area (Å²) in [5.74, 6) is -0.217. The molecule has 4 rings (SSSR count). The van der Waals surface area contributed by atoms with Crippen molar-refractivity contribution < 1.29 is 9.18 Å². The lowest BCUT2D eigenvalue weighted by molar-refractivity contribution is -0.115. The van der Waals surface area contributed by atoms with Gasteiger partial charge in [0.2, 0.25) is 11.0 Å². The Morgan fingerprint density at radius 1 is 1.29 bits per heavy atom. The fourth-order valence-corrected chi connectivity index (χ4v) is 4.20. The van der Waals surface area contributed by atoms with Gasteiger partial charge in [-0.1, -0.05) is 29.2 Å². The fraction of sp³-hybridized carbons (Fsp3) is 0.125. The zero-order valence-electron chi connectivity index (χ0n) is 14.4. The number of imidazole rings is 1. The molecule has 0 aliphatic rings. The molecule has 3 N–H and O–H groups in total. The maximum absolute atomic E-state index is 13.3. The minimum atomic E-state index is -0.442. The number of carbonyl (C=O) groups excluding carboxylic acids is 1. The first-order chi connectivity index (χ1) is 13.6. The van der Waals surface area contributed by atoms with Crippen LogP contribution in [0.3, 0.4) is 0 Å². The zero-order valence-corrected chi connectivity index (χ0v) is 16.0. The summed E-state index contributed by atoms with van der Waals surface area (Å²) in [5.41, 5.74) is 1.61. The van der Waals surface area contributed by atoms with Crippen LogP contribution in [0.2, 0.25) is 0 Å². The molecule has 0 unspecified atom stereocenters. The predicted octanol–water partition coefficient (Wildman–Crippen LogP) is 3.21. The second-order valence-corrected chi connectivity index (χ2v) is 8.15. The molecular weight excluding hydrogens is 403 g/mol. The quantitative estimate of drug-likeness (QED) is 0.410. The molecule has 1 atom stereocenters. The Kier molecular flexibility index (Phi) is 5.12. The zero-order chi connectivity index (χ0) is 19.5. The first-order valence-electron chi connectivity index (χ1n) is 8.06. The van der Waals surface area contributed by atoms with Gasteiger partial charge in [-0.15, -0.1) is 10.2 Å². The number of nitrogens with zero attached hydrogens (tertiary/aromatic N) is 5. The molecule has 3 aromatic heterocycles. The van der Waals surface area contributed by atoms with Gasteiger partial charge in [0.25, 0.3) is 0 Å². The number of H-pyrrole nitrogens is 1. The summed E-state index contributed by atoms with van der Waals surface area (Å²) in [5, 5.41) is 13.9. The second-order valence-electron chi connectivity index (χ2n) is 5.58. The standard InChI is InChI=1S/C16H13FN8OS2/c1-8(14(26)23-13-11-12(19-6-18-11)20-7-21-13)27-16-25-24-15(28-16)22-10-4-2-3-9(17)5-10/h2-8H,1H3,(H,22,24)(H2,18,19,20,21,23,26)/t8-/m1/s1. The molecule has 3 heterocycles. The van der Waals surface area contributed by atoms with E-state index in [1.54, 1.807) is 19.1 Å². The molecule has 0 aliphatic heterocycles. The van der Waals surface area contributed by atoms with E-state index in [1.807, 2.05) is 0 Å². The van der Waals surface area contributed by atoms with Crippen LogP contribution in [0.5, 0.6) is 0 Å². The highest BCUT2D eigenvalue weighted by Gasteiger charge is 2.19. The van der Waals surface area contributed by atoms with Crippen molar-refractivity contribution in [3.8, 4) is 0 Å². The SMILES string of the molecule is C[C@@H](Sc1nnc(Nc2cccc(F)c2)s1)C(=O)Nc1ncnc2nc[nH]c12. The minimum Gasteiger partial charge on any atom is -0.340 e. The third kappa shape index (κ3) is 4.07. The molecule has 1 amide bonds. The number of nitrogens with one attached hydrogen (secondary N) is 3. The van der Waals surface area contributed by atoms with Crippen molar-refractivity contribution in [2.45, 2.75) is 16.5 Å². The molecule has 9 nitrogen and oxygen atoms in total. The number of hydrogen-bond acceptors (Lipinski definition) is 9. The third-order valence-electron chi connectivity index (χ3n) is 3.59. The third-order valence-corrected chi connectivity index (χ3v) is 5.62. The summed E-state index contributed by atoms with van der Waals surface area (Å²) >= 11 is 2.54. The summed E-state index contributed by atoms with van der Waals surface area (Å²) in [6, 6.07) is 6.06. The van der Waals surface area contributed by atoms with Crippen molar-refractivity contribution in [2.24, 2.45) is 0 Å². The lowest BCUT2D eigenvalue weighted by Crippen LogP contribution is -2.23. The van der Waals surface area contributed by atoms with Crippen LogP contribution in [0.15, 0.2) is 41.3 Å². The van der Waals surface area contributed by atoms with E-state index in [-0.39, 0.29) is 11.7 Å². The van der Waals surface area contributed by atoms with Crippen LogP contribution in [0.1, 0.15) is 6.92 Å². The van der Waals surface area contributed by atoms with E-state index in [1.165, 1.54) is 47.9 Å². The lowest BCUT2D eigenvalue weighted by atomic mass is 10.3. The maximum atomic E-state index is 13.3. The van der Waals surface area contributed by atoms with Crippen molar-refractivity contribution in [3.05, 3.63) is 42.7 Å². The highest BCUT2D eigenvalue weighted by atomic mass is 32.2. The van der Waals surface area contributed by atoms with Crippen LogP contribution < -0.4 is 10.6 Å². The number of thioether (sulfide) groups is 1. The summed E-state index contributed by atoms with van der Waals surface area (Å²) in [7, 11) is 0. The van der Waals surface area contributed by atoms with Gasteiger partial charge in [0.15, 0.2) is 15.8 Å². The molecular formula is C16H13FN8OS2. The average molecular weight is 416 g/mol. The maximum Gasteiger partial charge on any atom is 0.238 e. The number of benzene rings is 1. The molecule has 0 spiro atoms. The molecule has 0 saturated carbocycles. The lowest BCUT2D eigenvalue weighted by Gasteiger charge is -2.09. The van der Waals surface area contributed by atoms with Crippen molar-refractivity contribution in [2.75, 3.05) is 10.6 Å². The topological polar surface area (TPSA) is 121 Å². The number of aromatic nitrogens is 6. The van der Waals surface area contributed by atoms with E-state index < -0.39 is 5.25 Å². The number of anilines is 3. The van der Waals surface area contributed by atoms with Crippen LogP contribution in [-0.4, -0.2) is 41.3 Å². The normalized spacial score (nSPS) is 12.1. The van der Waals surface area contributed by atoms with Gasteiger partial charge in [0, 0.05) is 5.69 Å². The van der Waals surface area contributed by atoms with Crippen molar-refractivity contribution >= 4 is 56.8 Å². The molecule has 0 radical (unpaired) electrons. The summed E-state index contributed by atoms with van der Waals surface area (Å²) in [4.78, 5) is 27.5. The number of carbonyl (C=O) groups is 1. The molecule has 1 aromatic carbocycles. The van der Waals surface area contributed by atoms with Crippen molar-refractivity contribution in [3.63, 3.8) is 0 Å². The molecule has 0 fully saturated rings. The predicted molar refractivity (Wildman–Crippen MR) is 105 cm³/mol. The minimum absolute atomic E-state index is 0.241. The Morgan fingerprint density at radius 3 is 3.04 bits per heavy atom. The molecule has 12 heteroatoms. The smallest absolute Gasteiger partial charge is 0.238 e. The van der Waals surface area contributed by atoms with Crippen LogP contribution in [0.4, 0.5) is 21.0 Å². The summed E-state index contributed by atoms with van der Waals surface area (Å²) in [6.45, 7) is 1.76. The fourth-order valence-electron chi connectivity index (χ4n) is 2.28. The van der Waals surface area contributed by atoms with E-state index in [2.05, 4.69) is 40.8 Å². The first-order valence-corrected chi connectivity index (χ1v) is 9.76. The van der Waals surface area contributed by atoms with Crippen molar-refractivity contribution in [1.82, 2.24) is 30.1 Å². The van der Waals surface area contributed by atoms with Gasteiger partial charge in [0.1, 0.15) is 17.7 Å². The number of aromatic amines is 1. The molecule has 0 aliphatic carbocycles. The number of amides is 1. The van der Waals surface area contributed by atoms with Crippen LogP contribution in [-0.2, 0) is 4.79 Å². The Labute approximate surface area is 166 Å². The molecule has 142 valence electrons. The summed E-state index contributed by atoms with van der Waals surface area (Å²) < 4.78 is 13.9. The van der Waals surface area contributed by atoms with Gasteiger partial charge in [-0.05, 0) is 25.1 Å². The van der Waals surface area contributed by atoms with Crippen molar-refractivity contribution in [1.29, 1.82) is 0 Å². The first kappa shape index (κ1) is 18.3. The number of rotatable bonds is 6. The van der Waals surface area contributed by atoms with Crippen LogP contribution in [0.25, 0.3) is 11.2 Å². The Hall–Kier alpha value is -3.12. The van der Waals surface area contributed by atoms with Gasteiger partial charge >= 0.3 is 0 Å². The number of hydrogen-bond donors (Lipinski definition) is 3. The summed E-state index contributed by atoms with van der Waals surface area (Å²) in [6.07, 6.45) is 2.83. The number of fused-ring (bicyclic) bond motifs is 1. The monoisotopic (exact) mass is 416 g/mol. The average Bonchev–Trinajstić information content (AvgIpc) is 3.31. The van der Waals surface area contributed by atoms with Crippen LogP contribution in [0, 0.1) is 5.82 Å². The van der Waals surface area contributed by atoms with Gasteiger partial charge in [-0.3, -0.25) is 4.79 Å². The largest absolute Gasteiger partial charge is 0.340 e. The Morgan fingerprint density at radius 2 is 2.18 bits per heavy atom. The molecule has 4 aromatic rings. The van der Waals surface area contributed by atoms with Gasteiger partial charge < -0.3 is 15.6 Å². The molecule has 28 heavy (non-hydrogen) atoms. The van der Waals surface area contributed by atoms with Gasteiger partial charge in [-0.25, -0.2) is 19.3 Å². The van der Waals surface area contributed by atoms with E-state index in [9.17, 15) is 9.18 Å². The number of halogens is 1. The highest BCUT2D eigenvalue weighted by molar-refractivity contribution is 8.02. The van der Waals surface area contributed by atoms with Gasteiger partial charge in [-0.2, -0.15) is 0 Å².